The Labute approximate surface area is 57.3 Å². The van der Waals surface area contributed by atoms with Crippen LogP contribution in [0.2, 0.25) is 0 Å². The minimum absolute atomic E-state index is 0.228. The molecule has 1 rings (SSSR count). The first-order valence-electron chi connectivity index (χ1n) is 2.29. The van der Waals surface area contributed by atoms with Crippen LogP contribution in [0.3, 0.4) is 0 Å². The van der Waals surface area contributed by atoms with Crippen LogP contribution in [0.25, 0.3) is 0 Å². The standard InChI is InChI=1S/C5H4Cl2O/c6-4(5(7)8)3-1-2-3/h1-2H2. The van der Waals surface area contributed by atoms with Gasteiger partial charge in [0, 0.05) is 0 Å². The highest BCUT2D eigenvalue weighted by atomic mass is 35.5. The Balaban J connectivity index is 2.70. The number of allylic oxidation sites excluding steroid dienone is 2. The Morgan fingerprint density at radius 3 is 2.00 bits per heavy atom. The van der Waals surface area contributed by atoms with E-state index in [0.717, 1.165) is 18.4 Å². The van der Waals surface area contributed by atoms with E-state index in [1.165, 1.54) is 0 Å². The van der Waals surface area contributed by atoms with Crippen molar-refractivity contribution in [3.05, 3.63) is 10.6 Å². The zero-order valence-electron chi connectivity index (χ0n) is 4.08. The van der Waals surface area contributed by atoms with Gasteiger partial charge in [-0.1, -0.05) is 11.6 Å². The van der Waals surface area contributed by atoms with Gasteiger partial charge >= 0.3 is 0 Å². The molecular weight excluding hydrogens is 147 g/mol. The fourth-order valence-corrected chi connectivity index (χ4v) is 0.744. The van der Waals surface area contributed by atoms with Gasteiger partial charge < -0.3 is 0 Å². The average Bonchev–Trinajstić information content (AvgIpc) is 2.43. The van der Waals surface area contributed by atoms with Crippen LogP contribution in [0.5, 0.6) is 0 Å². The number of carbonyl (C=O) groups excluding carboxylic acids is 1. The Morgan fingerprint density at radius 1 is 1.38 bits per heavy atom. The molecule has 1 saturated carbocycles. The monoisotopic (exact) mass is 150 g/mol. The van der Waals surface area contributed by atoms with Crippen molar-refractivity contribution in [2.24, 2.45) is 0 Å². The predicted octanol–water partition coefficient (Wildman–Crippen LogP) is 2.04. The lowest BCUT2D eigenvalue weighted by molar-refractivity contribution is -0.108. The molecule has 1 aliphatic rings. The van der Waals surface area contributed by atoms with Crippen LogP contribution in [-0.2, 0) is 4.79 Å². The summed E-state index contributed by atoms with van der Waals surface area (Å²) in [6.07, 6.45) is 1.88. The molecule has 0 radical (unpaired) electrons. The van der Waals surface area contributed by atoms with Crippen LogP contribution in [0.4, 0.5) is 0 Å². The van der Waals surface area contributed by atoms with Crippen molar-refractivity contribution in [1.29, 1.82) is 0 Å². The summed E-state index contributed by atoms with van der Waals surface area (Å²) in [6, 6.07) is 0. The van der Waals surface area contributed by atoms with Crippen LogP contribution in [-0.4, -0.2) is 5.24 Å². The maximum atomic E-state index is 10.2. The normalized spacial score (nSPS) is 16.0. The molecule has 1 aliphatic carbocycles. The molecule has 0 bridgehead atoms. The Hall–Kier alpha value is -0.0100. The van der Waals surface area contributed by atoms with Crippen LogP contribution in [0.1, 0.15) is 12.8 Å². The van der Waals surface area contributed by atoms with Crippen molar-refractivity contribution in [2.75, 3.05) is 0 Å². The third-order valence-corrected chi connectivity index (χ3v) is 1.71. The molecule has 0 unspecified atom stereocenters. The van der Waals surface area contributed by atoms with E-state index in [0.29, 0.717) is 0 Å². The van der Waals surface area contributed by atoms with E-state index < -0.39 is 5.24 Å². The molecule has 0 aromatic heterocycles. The third kappa shape index (κ3) is 1.23. The molecular formula is C5H4Cl2O. The molecule has 3 heteroatoms. The van der Waals surface area contributed by atoms with Gasteiger partial charge in [-0.3, -0.25) is 4.79 Å². The van der Waals surface area contributed by atoms with E-state index >= 15 is 0 Å². The summed E-state index contributed by atoms with van der Waals surface area (Å²) < 4.78 is 0. The van der Waals surface area contributed by atoms with Gasteiger partial charge in [-0.2, -0.15) is 0 Å². The first-order valence-corrected chi connectivity index (χ1v) is 3.05. The van der Waals surface area contributed by atoms with Gasteiger partial charge in [0.15, 0.2) is 0 Å². The molecule has 0 aliphatic heterocycles. The first-order chi connectivity index (χ1) is 3.72. The number of hydrogen-bond acceptors (Lipinski definition) is 1. The molecule has 0 aromatic carbocycles. The van der Waals surface area contributed by atoms with Crippen LogP contribution < -0.4 is 0 Å². The summed E-state index contributed by atoms with van der Waals surface area (Å²) in [5.74, 6) is 0. The maximum Gasteiger partial charge on any atom is 0.263 e. The summed E-state index contributed by atoms with van der Waals surface area (Å²) in [6.45, 7) is 0. The Bertz CT molecular complexity index is 154. The average molecular weight is 151 g/mol. The van der Waals surface area contributed by atoms with Gasteiger partial charge in [-0.05, 0) is 30.0 Å². The van der Waals surface area contributed by atoms with E-state index in [2.05, 4.69) is 0 Å². The summed E-state index contributed by atoms with van der Waals surface area (Å²) in [4.78, 5) is 10.2. The number of halogens is 2. The number of carbonyl (C=O) groups is 1. The summed E-state index contributed by atoms with van der Waals surface area (Å²) >= 11 is 10.4. The Morgan fingerprint density at radius 2 is 1.88 bits per heavy atom. The molecule has 1 nitrogen and oxygen atoms in total. The molecule has 0 heterocycles. The van der Waals surface area contributed by atoms with E-state index in [9.17, 15) is 4.79 Å². The van der Waals surface area contributed by atoms with E-state index in [1.807, 2.05) is 0 Å². The smallest absolute Gasteiger partial charge is 0.263 e. The Kier molecular flexibility index (Phi) is 1.59. The van der Waals surface area contributed by atoms with E-state index in [-0.39, 0.29) is 5.03 Å². The van der Waals surface area contributed by atoms with Gasteiger partial charge in [0.05, 0.1) is 5.03 Å². The highest BCUT2D eigenvalue weighted by Crippen LogP contribution is 2.34. The number of hydrogen-bond donors (Lipinski definition) is 0. The third-order valence-electron chi connectivity index (χ3n) is 0.983. The lowest BCUT2D eigenvalue weighted by Gasteiger charge is -1.81. The summed E-state index contributed by atoms with van der Waals surface area (Å²) in [5.41, 5.74) is 0.992. The van der Waals surface area contributed by atoms with E-state index in [4.69, 9.17) is 23.2 Å². The summed E-state index contributed by atoms with van der Waals surface area (Å²) in [7, 11) is 0. The van der Waals surface area contributed by atoms with Gasteiger partial charge in [-0.15, -0.1) is 0 Å². The van der Waals surface area contributed by atoms with Gasteiger partial charge in [0.1, 0.15) is 0 Å². The van der Waals surface area contributed by atoms with Crippen molar-refractivity contribution in [2.45, 2.75) is 12.8 Å². The lowest BCUT2D eigenvalue weighted by Crippen LogP contribution is -1.82. The fourth-order valence-electron chi connectivity index (χ4n) is 0.421. The zero-order chi connectivity index (χ0) is 6.15. The fraction of sp³-hybridized carbons (Fsp3) is 0.400. The minimum atomic E-state index is -0.529. The van der Waals surface area contributed by atoms with Crippen molar-refractivity contribution in [3.8, 4) is 0 Å². The topological polar surface area (TPSA) is 17.1 Å². The maximum absolute atomic E-state index is 10.2. The quantitative estimate of drug-likeness (QED) is 0.414. The zero-order valence-corrected chi connectivity index (χ0v) is 5.59. The molecule has 0 N–H and O–H groups in total. The molecule has 0 saturated heterocycles. The van der Waals surface area contributed by atoms with Crippen molar-refractivity contribution in [3.63, 3.8) is 0 Å². The molecule has 44 valence electrons. The van der Waals surface area contributed by atoms with Crippen molar-refractivity contribution < 1.29 is 4.79 Å². The lowest BCUT2D eigenvalue weighted by atomic mass is 10.5. The van der Waals surface area contributed by atoms with Crippen molar-refractivity contribution in [1.82, 2.24) is 0 Å². The highest BCUT2D eigenvalue weighted by molar-refractivity contribution is 6.74. The molecule has 0 atom stereocenters. The molecule has 8 heavy (non-hydrogen) atoms. The van der Waals surface area contributed by atoms with Crippen molar-refractivity contribution >= 4 is 28.4 Å². The number of rotatable bonds is 1. The first kappa shape index (κ1) is 6.12. The van der Waals surface area contributed by atoms with Gasteiger partial charge in [-0.25, -0.2) is 0 Å². The van der Waals surface area contributed by atoms with E-state index in [1.54, 1.807) is 0 Å². The SMILES string of the molecule is O=C(Cl)C(Cl)=C1CC1. The van der Waals surface area contributed by atoms with Crippen LogP contribution >= 0.6 is 23.2 Å². The van der Waals surface area contributed by atoms with Gasteiger partial charge in [0.2, 0.25) is 0 Å². The molecule has 0 aromatic rings. The van der Waals surface area contributed by atoms with Crippen LogP contribution in [0, 0.1) is 0 Å². The highest BCUT2D eigenvalue weighted by Gasteiger charge is 2.19. The molecule has 0 amide bonds. The van der Waals surface area contributed by atoms with Crippen LogP contribution in [0.15, 0.2) is 10.6 Å². The largest absolute Gasteiger partial charge is 0.275 e. The van der Waals surface area contributed by atoms with Gasteiger partial charge in [0.25, 0.3) is 5.24 Å². The molecule has 0 spiro atoms. The second-order valence-electron chi connectivity index (χ2n) is 1.69. The second kappa shape index (κ2) is 2.08. The molecule has 1 fully saturated rings. The predicted molar refractivity (Wildman–Crippen MR) is 33.0 cm³/mol. The second-order valence-corrected chi connectivity index (χ2v) is 2.41. The minimum Gasteiger partial charge on any atom is -0.275 e. The summed E-state index contributed by atoms with van der Waals surface area (Å²) in [5, 5.41) is -0.300.